The van der Waals surface area contributed by atoms with Crippen LogP contribution in [0.1, 0.15) is 32.1 Å². The number of halogens is 2. The van der Waals surface area contributed by atoms with E-state index in [4.69, 9.17) is 11.6 Å². The molecule has 3 N–H and O–H groups in total. The van der Waals surface area contributed by atoms with Crippen molar-refractivity contribution in [2.24, 2.45) is 0 Å². The molecule has 0 aromatic heterocycles. The van der Waals surface area contributed by atoms with Crippen LogP contribution in [0.25, 0.3) is 0 Å². The number of anilines is 1. The molecule has 7 heteroatoms. The van der Waals surface area contributed by atoms with E-state index >= 15 is 0 Å². The smallest absolute Gasteiger partial charge is 0.237 e. The van der Waals surface area contributed by atoms with Crippen molar-refractivity contribution < 1.29 is 14.0 Å². The first-order valence-electron chi connectivity index (χ1n) is 7.84. The molecule has 0 bridgehead atoms. The molecule has 23 heavy (non-hydrogen) atoms. The number of benzene rings is 1. The molecule has 1 saturated carbocycles. The Morgan fingerprint density at radius 1 is 1.30 bits per heavy atom. The predicted octanol–water partition coefficient (Wildman–Crippen LogP) is 2.21. The highest BCUT2D eigenvalue weighted by atomic mass is 35.5. The van der Waals surface area contributed by atoms with Gasteiger partial charge in [0.1, 0.15) is 5.82 Å². The first-order valence-corrected chi connectivity index (χ1v) is 8.22. The van der Waals surface area contributed by atoms with Crippen LogP contribution in [0.4, 0.5) is 10.1 Å². The Bertz CT molecular complexity index is 625. The molecule has 1 aliphatic carbocycles. The Hall–Kier alpha value is -1.66. The number of fused-ring (bicyclic) bond motifs is 1. The number of nitrogens with one attached hydrogen (secondary N) is 3. The third-order valence-electron chi connectivity index (χ3n) is 4.42. The average Bonchev–Trinajstić information content (AvgIpc) is 2.51. The van der Waals surface area contributed by atoms with Crippen LogP contribution in [-0.4, -0.2) is 29.9 Å². The summed E-state index contributed by atoms with van der Waals surface area (Å²) < 4.78 is 13.1. The molecule has 0 unspecified atom stereocenters. The zero-order valence-corrected chi connectivity index (χ0v) is 13.3. The van der Waals surface area contributed by atoms with Crippen LogP contribution in [0.15, 0.2) is 18.2 Å². The highest BCUT2D eigenvalue weighted by Crippen LogP contribution is 2.23. The van der Waals surface area contributed by atoms with E-state index < -0.39 is 11.9 Å². The van der Waals surface area contributed by atoms with Crippen molar-refractivity contribution in [2.75, 3.05) is 5.32 Å². The number of carbonyl (C=O) groups excluding carboxylic acids is 2. The lowest BCUT2D eigenvalue weighted by Crippen LogP contribution is -2.65. The van der Waals surface area contributed by atoms with E-state index in [1.165, 1.54) is 18.2 Å². The number of hydrogen-bond acceptors (Lipinski definition) is 3. The number of rotatable bonds is 3. The molecule has 0 radical (unpaired) electrons. The molecule has 1 heterocycles. The van der Waals surface area contributed by atoms with Crippen molar-refractivity contribution >= 4 is 29.1 Å². The molecule has 2 fully saturated rings. The standard InChI is InChI=1S/C16H19ClFN3O2/c17-10-7-9(5-6-11(10)18)19-15(22)8-14-16(23)21-13-4-2-1-3-12(13)20-14/h5-7,12-14,20H,1-4,8H2,(H,19,22)(H,21,23)/t12-,13+,14-/m0/s1. The van der Waals surface area contributed by atoms with Gasteiger partial charge in [0.15, 0.2) is 0 Å². The molecule has 3 rings (SSSR count). The van der Waals surface area contributed by atoms with E-state index in [2.05, 4.69) is 16.0 Å². The Kier molecular flexibility index (Phi) is 4.82. The van der Waals surface area contributed by atoms with Crippen LogP contribution >= 0.6 is 11.6 Å². The van der Waals surface area contributed by atoms with Gasteiger partial charge in [-0.2, -0.15) is 0 Å². The molecule has 3 atom stereocenters. The first-order chi connectivity index (χ1) is 11.0. The van der Waals surface area contributed by atoms with E-state index in [0.717, 1.165) is 25.7 Å². The summed E-state index contributed by atoms with van der Waals surface area (Å²) in [5, 5.41) is 8.87. The van der Waals surface area contributed by atoms with E-state index in [1.807, 2.05) is 0 Å². The third kappa shape index (κ3) is 3.82. The van der Waals surface area contributed by atoms with Gasteiger partial charge in [-0.05, 0) is 31.0 Å². The minimum Gasteiger partial charge on any atom is -0.350 e. The van der Waals surface area contributed by atoms with Crippen molar-refractivity contribution in [3.63, 3.8) is 0 Å². The summed E-state index contributed by atoms with van der Waals surface area (Å²) >= 11 is 5.69. The fourth-order valence-electron chi connectivity index (χ4n) is 3.24. The fraction of sp³-hybridized carbons (Fsp3) is 0.500. The van der Waals surface area contributed by atoms with E-state index in [-0.39, 0.29) is 35.3 Å². The average molecular weight is 340 g/mol. The summed E-state index contributed by atoms with van der Waals surface area (Å²) in [5.74, 6) is -0.989. The van der Waals surface area contributed by atoms with Gasteiger partial charge in [-0.1, -0.05) is 24.4 Å². The maximum atomic E-state index is 13.1. The second-order valence-corrected chi connectivity index (χ2v) is 6.51. The van der Waals surface area contributed by atoms with E-state index in [9.17, 15) is 14.0 Å². The topological polar surface area (TPSA) is 70.2 Å². The Labute approximate surface area is 139 Å². The lowest BCUT2D eigenvalue weighted by Gasteiger charge is -2.40. The summed E-state index contributed by atoms with van der Waals surface area (Å²) in [4.78, 5) is 24.2. The normalized spacial score (nSPS) is 27.0. The molecule has 124 valence electrons. The summed E-state index contributed by atoms with van der Waals surface area (Å²) in [6.45, 7) is 0. The summed E-state index contributed by atoms with van der Waals surface area (Å²) in [5.41, 5.74) is 0.410. The molecule has 1 saturated heterocycles. The monoisotopic (exact) mass is 339 g/mol. The van der Waals surface area contributed by atoms with E-state index in [0.29, 0.717) is 5.69 Å². The fourth-order valence-corrected chi connectivity index (χ4v) is 3.42. The van der Waals surface area contributed by atoms with Crippen molar-refractivity contribution in [3.05, 3.63) is 29.0 Å². The molecule has 1 aromatic rings. The highest BCUT2D eigenvalue weighted by Gasteiger charge is 2.36. The van der Waals surface area contributed by atoms with Gasteiger partial charge in [0.05, 0.1) is 17.5 Å². The number of hydrogen-bond donors (Lipinski definition) is 3. The number of amides is 2. The number of piperazine rings is 1. The molecular formula is C16H19ClFN3O2. The Morgan fingerprint density at radius 3 is 2.78 bits per heavy atom. The van der Waals surface area contributed by atoms with Crippen molar-refractivity contribution in [1.82, 2.24) is 10.6 Å². The van der Waals surface area contributed by atoms with Crippen LogP contribution in [0.5, 0.6) is 0 Å². The van der Waals surface area contributed by atoms with E-state index in [1.54, 1.807) is 0 Å². The number of carbonyl (C=O) groups is 2. The Balaban J connectivity index is 1.58. The van der Waals surface area contributed by atoms with Gasteiger partial charge in [0, 0.05) is 17.8 Å². The third-order valence-corrected chi connectivity index (χ3v) is 4.71. The lowest BCUT2D eigenvalue weighted by molar-refractivity contribution is -0.129. The second kappa shape index (κ2) is 6.84. The van der Waals surface area contributed by atoms with Gasteiger partial charge in [-0.25, -0.2) is 4.39 Å². The van der Waals surface area contributed by atoms with Gasteiger partial charge in [0.25, 0.3) is 0 Å². The molecule has 5 nitrogen and oxygen atoms in total. The maximum absolute atomic E-state index is 13.1. The van der Waals surface area contributed by atoms with Gasteiger partial charge in [-0.3, -0.25) is 9.59 Å². The van der Waals surface area contributed by atoms with Gasteiger partial charge >= 0.3 is 0 Å². The molecule has 2 amide bonds. The molecule has 2 aliphatic rings. The minimum atomic E-state index is -0.540. The molecule has 1 aromatic carbocycles. The highest BCUT2D eigenvalue weighted by molar-refractivity contribution is 6.31. The zero-order valence-electron chi connectivity index (χ0n) is 12.6. The van der Waals surface area contributed by atoms with Gasteiger partial charge in [0.2, 0.25) is 11.8 Å². The van der Waals surface area contributed by atoms with Crippen LogP contribution in [0, 0.1) is 5.82 Å². The van der Waals surface area contributed by atoms with Crippen LogP contribution in [0.3, 0.4) is 0 Å². The van der Waals surface area contributed by atoms with Crippen LogP contribution in [-0.2, 0) is 9.59 Å². The second-order valence-electron chi connectivity index (χ2n) is 6.11. The van der Waals surface area contributed by atoms with Crippen molar-refractivity contribution in [1.29, 1.82) is 0 Å². The van der Waals surface area contributed by atoms with Crippen molar-refractivity contribution in [2.45, 2.75) is 50.2 Å². The quantitative estimate of drug-likeness (QED) is 0.790. The Morgan fingerprint density at radius 2 is 2.04 bits per heavy atom. The summed E-state index contributed by atoms with van der Waals surface area (Å²) in [6, 6.07) is 3.84. The lowest BCUT2D eigenvalue weighted by atomic mass is 9.87. The van der Waals surface area contributed by atoms with Crippen molar-refractivity contribution in [3.8, 4) is 0 Å². The molecule has 1 aliphatic heterocycles. The van der Waals surface area contributed by atoms with Gasteiger partial charge < -0.3 is 16.0 Å². The predicted molar refractivity (Wildman–Crippen MR) is 85.8 cm³/mol. The largest absolute Gasteiger partial charge is 0.350 e. The first kappa shape index (κ1) is 16.2. The SMILES string of the molecule is O=C(C[C@@H]1N[C@H]2CCCC[C@H]2NC1=O)Nc1ccc(F)c(Cl)c1. The summed E-state index contributed by atoms with van der Waals surface area (Å²) in [6.07, 6.45) is 4.29. The zero-order chi connectivity index (χ0) is 16.4. The molecule has 0 spiro atoms. The van der Waals surface area contributed by atoms with Gasteiger partial charge in [-0.15, -0.1) is 0 Å². The van der Waals surface area contributed by atoms with Crippen LogP contribution < -0.4 is 16.0 Å². The molecular weight excluding hydrogens is 321 g/mol. The van der Waals surface area contributed by atoms with Crippen LogP contribution in [0.2, 0.25) is 5.02 Å². The maximum Gasteiger partial charge on any atom is 0.237 e. The minimum absolute atomic E-state index is 0.0318. The summed E-state index contributed by atoms with van der Waals surface area (Å²) in [7, 11) is 0.